The van der Waals surface area contributed by atoms with Gasteiger partial charge in [0.2, 0.25) is 0 Å². The van der Waals surface area contributed by atoms with E-state index in [1.165, 1.54) is 6.42 Å². The Kier molecular flexibility index (Phi) is 28.9. The van der Waals surface area contributed by atoms with E-state index in [1.807, 2.05) is 0 Å². The second kappa shape index (κ2) is 22.6. The van der Waals surface area contributed by atoms with Crippen molar-refractivity contribution in [1.29, 1.82) is 0 Å². The maximum Gasteiger partial charge on any atom is 0.370 e. The highest BCUT2D eigenvalue weighted by Gasteiger charge is 2.00. The van der Waals surface area contributed by atoms with Gasteiger partial charge in [0, 0.05) is 12.2 Å². The molecular formula is C14H24O7. The van der Waals surface area contributed by atoms with Crippen LogP contribution in [-0.4, -0.2) is 39.8 Å². The van der Waals surface area contributed by atoms with Gasteiger partial charge in [0.25, 0.3) is 0 Å². The van der Waals surface area contributed by atoms with E-state index in [9.17, 15) is 14.4 Å². The molecule has 0 saturated heterocycles. The summed E-state index contributed by atoms with van der Waals surface area (Å²) in [6, 6.07) is 0. The fourth-order valence-corrected chi connectivity index (χ4v) is 0.236. The highest BCUT2D eigenvalue weighted by Crippen LogP contribution is 1.90. The Morgan fingerprint density at radius 2 is 1.19 bits per heavy atom. The van der Waals surface area contributed by atoms with Crippen molar-refractivity contribution in [2.24, 2.45) is 0 Å². The first-order valence-electron chi connectivity index (χ1n) is 5.89. The number of rotatable bonds is 5. The Morgan fingerprint density at radius 1 is 0.952 bits per heavy atom. The Bertz CT molecular complexity index is 314. The highest BCUT2D eigenvalue weighted by molar-refractivity contribution is 5.83. The molecule has 21 heavy (non-hydrogen) atoms. The van der Waals surface area contributed by atoms with E-state index in [0.717, 1.165) is 12.2 Å². The first kappa shape index (κ1) is 26.9. The Balaban J connectivity index is -0.0000000977. The van der Waals surface area contributed by atoms with Gasteiger partial charge >= 0.3 is 17.9 Å². The fourth-order valence-electron chi connectivity index (χ4n) is 0.236. The van der Waals surface area contributed by atoms with Crippen LogP contribution >= 0.6 is 0 Å². The van der Waals surface area contributed by atoms with Crippen molar-refractivity contribution in [3.05, 3.63) is 37.6 Å². The molecule has 0 bridgehead atoms. The molecule has 0 radical (unpaired) electrons. The average Bonchev–Trinajstić information content (AvgIpc) is 2.41. The molecule has 0 aliphatic rings. The van der Waals surface area contributed by atoms with Crippen LogP contribution in [0.25, 0.3) is 0 Å². The van der Waals surface area contributed by atoms with Crippen LogP contribution in [0.15, 0.2) is 37.6 Å². The van der Waals surface area contributed by atoms with Crippen molar-refractivity contribution < 1.29 is 34.4 Å². The maximum absolute atomic E-state index is 9.86. The third kappa shape index (κ3) is 58.4. The van der Waals surface area contributed by atoms with Crippen molar-refractivity contribution in [3.63, 3.8) is 0 Å². The van der Waals surface area contributed by atoms with E-state index in [4.69, 9.17) is 15.3 Å². The summed E-state index contributed by atoms with van der Waals surface area (Å²) in [5, 5.41) is 23.3. The fraction of sp³-hybridized carbons (Fsp3) is 0.357. The summed E-state index contributed by atoms with van der Waals surface area (Å²) in [6.45, 7) is 15.3. The number of ether oxygens (including phenoxy) is 1. The molecule has 7 nitrogen and oxygen atoms in total. The highest BCUT2D eigenvalue weighted by atomic mass is 16.5. The van der Waals surface area contributed by atoms with Gasteiger partial charge in [0.1, 0.15) is 0 Å². The first-order chi connectivity index (χ1) is 9.64. The molecule has 0 aromatic carbocycles. The van der Waals surface area contributed by atoms with Gasteiger partial charge in [0.15, 0.2) is 5.76 Å². The monoisotopic (exact) mass is 304 g/mol. The summed E-state index contributed by atoms with van der Waals surface area (Å²) >= 11 is 0. The van der Waals surface area contributed by atoms with Crippen molar-refractivity contribution >= 4 is 17.9 Å². The lowest BCUT2D eigenvalue weighted by Gasteiger charge is -1.97. The molecule has 0 aliphatic carbocycles. The second-order valence-corrected chi connectivity index (χ2v) is 2.95. The molecule has 0 saturated carbocycles. The third-order valence-electron chi connectivity index (χ3n) is 0.906. The van der Waals surface area contributed by atoms with Gasteiger partial charge in [-0.3, -0.25) is 0 Å². The molecule has 0 aromatic rings. The van der Waals surface area contributed by atoms with Crippen LogP contribution in [0.2, 0.25) is 0 Å². The number of carboxylic acid groups (broad SMARTS) is 3. The van der Waals surface area contributed by atoms with Gasteiger partial charge in [-0.05, 0) is 13.5 Å². The van der Waals surface area contributed by atoms with E-state index in [1.54, 1.807) is 6.92 Å². The molecule has 0 heterocycles. The lowest BCUT2D eigenvalue weighted by atomic mass is 10.6. The van der Waals surface area contributed by atoms with E-state index >= 15 is 0 Å². The van der Waals surface area contributed by atoms with Gasteiger partial charge in [-0.15, -0.1) is 0 Å². The topological polar surface area (TPSA) is 121 Å². The third-order valence-corrected chi connectivity index (χ3v) is 0.906. The van der Waals surface area contributed by atoms with Crippen molar-refractivity contribution in [3.8, 4) is 0 Å². The minimum atomic E-state index is -1.10. The Labute approximate surface area is 124 Å². The molecule has 0 unspecified atom stereocenters. The predicted molar refractivity (Wildman–Crippen MR) is 80.0 cm³/mol. The van der Waals surface area contributed by atoms with Gasteiger partial charge in [-0.25, -0.2) is 14.4 Å². The van der Waals surface area contributed by atoms with E-state index in [2.05, 4.69) is 38.3 Å². The summed E-state index contributed by atoms with van der Waals surface area (Å²) in [6.07, 6.45) is 2.92. The summed E-state index contributed by atoms with van der Waals surface area (Å²) < 4.78 is 4.51. The first-order valence-corrected chi connectivity index (χ1v) is 5.89. The van der Waals surface area contributed by atoms with Crippen molar-refractivity contribution in [1.82, 2.24) is 0 Å². The minimum absolute atomic E-state index is 0.201. The van der Waals surface area contributed by atoms with Crippen LogP contribution in [0.1, 0.15) is 27.2 Å². The largest absolute Gasteiger partial charge is 0.487 e. The number of carbonyl (C=O) groups is 3. The minimum Gasteiger partial charge on any atom is -0.487 e. The zero-order valence-electron chi connectivity index (χ0n) is 12.7. The van der Waals surface area contributed by atoms with Crippen LogP contribution < -0.4 is 0 Å². The number of carboxylic acids is 3. The lowest BCUT2D eigenvalue weighted by Crippen LogP contribution is -2.02. The number of hydrogen-bond acceptors (Lipinski definition) is 4. The molecular weight excluding hydrogens is 280 g/mol. The van der Waals surface area contributed by atoms with E-state index in [-0.39, 0.29) is 5.76 Å². The molecule has 0 aromatic heterocycles. The SMILES string of the molecule is C=C(OCC)C(=O)O.C=CC(=O)O.C=CC(=O)O.CCC. The molecule has 0 atom stereocenters. The van der Waals surface area contributed by atoms with Crippen molar-refractivity contribution in [2.75, 3.05) is 6.61 Å². The Morgan fingerprint density at radius 3 is 1.24 bits per heavy atom. The summed E-state index contributed by atoms with van der Waals surface area (Å²) in [7, 11) is 0. The van der Waals surface area contributed by atoms with E-state index in [0.29, 0.717) is 6.61 Å². The molecule has 0 amide bonds. The van der Waals surface area contributed by atoms with E-state index < -0.39 is 17.9 Å². The van der Waals surface area contributed by atoms with Gasteiger partial charge < -0.3 is 20.1 Å². The predicted octanol–water partition coefficient (Wildman–Crippen LogP) is 2.55. The second-order valence-electron chi connectivity index (χ2n) is 2.95. The normalized spacial score (nSPS) is 7.00. The smallest absolute Gasteiger partial charge is 0.370 e. The average molecular weight is 304 g/mol. The molecule has 0 rings (SSSR count). The number of hydrogen-bond donors (Lipinski definition) is 3. The van der Waals surface area contributed by atoms with Gasteiger partial charge in [-0.1, -0.05) is 33.4 Å². The number of aliphatic carboxylic acids is 3. The Hall–Kier alpha value is -2.57. The lowest BCUT2D eigenvalue weighted by molar-refractivity contribution is -0.136. The molecule has 122 valence electrons. The van der Waals surface area contributed by atoms with Crippen molar-refractivity contribution in [2.45, 2.75) is 27.2 Å². The standard InChI is InChI=1S/C5H8O3.2C3H4O2.C3H8/c1-3-8-4(2)5(6)7;2*1-2-3(4)5;1-3-2/h2-3H2,1H3,(H,6,7);2*2H,1H2,(H,4,5);3H2,1-2H3. The molecule has 0 fully saturated rings. The summed E-state index contributed by atoms with van der Waals surface area (Å²) in [5.74, 6) is -3.27. The summed E-state index contributed by atoms with van der Waals surface area (Å²) in [5.41, 5.74) is 0. The van der Waals surface area contributed by atoms with Crippen LogP contribution in [0, 0.1) is 0 Å². The zero-order chi connectivity index (χ0) is 17.8. The quantitative estimate of drug-likeness (QED) is 0.527. The summed E-state index contributed by atoms with van der Waals surface area (Å²) in [4.78, 5) is 28.4. The molecule has 0 spiro atoms. The molecule has 3 N–H and O–H groups in total. The van der Waals surface area contributed by atoms with Crippen LogP contribution in [0.4, 0.5) is 0 Å². The van der Waals surface area contributed by atoms with Gasteiger partial charge in [-0.2, -0.15) is 0 Å². The molecule has 0 aliphatic heterocycles. The van der Waals surface area contributed by atoms with Crippen LogP contribution in [0.3, 0.4) is 0 Å². The van der Waals surface area contributed by atoms with Crippen LogP contribution in [0.5, 0.6) is 0 Å². The molecule has 7 heteroatoms. The van der Waals surface area contributed by atoms with Gasteiger partial charge in [0.05, 0.1) is 6.61 Å². The maximum atomic E-state index is 9.86. The zero-order valence-corrected chi connectivity index (χ0v) is 12.7. The van der Waals surface area contributed by atoms with Crippen LogP contribution in [-0.2, 0) is 19.1 Å².